The van der Waals surface area contributed by atoms with E-state index in [2.05, 4.69) is 11.9 Å². The summed E-state index contributed by atoms with van der Waals surface area (Å²) < 4.78 is 5.59. The second-order valence-electron chi connectivity index (χ2n) is 3.54. The van der Waals surface area contributed by atoms with Crippen LogP contribution in [0.3, 0.4) is 0 Å². The lowest BCUT2D eigenvalue weighted by Crippen LogP contribution is -2.11. The molecule has 0 aliphatic heterocycles. The zero-order valence-corrected chi connectivity index (χ0v) is 9.03. The Bertz CT molecular complexity index is 269. The summed E-state index contributed by atoms with van der Waals surface area (Å²) in [5, 5.41) is 0. The number of hydrogen-bond donors (Lipinski definition) is 1. The number of nitrogens with two attached hydrogens (primary N) is 1. The van der Waals surface area contributed by atoms with Crippen LogP contribution in [0.4, 0.5) is 0 Å². The molecule has 3 heteroatoms. The molecule has 0 saturated carbocycles. The quantitative estimate of drug-likeness (QED) is 0.800. The zero-order valence-electron chi connectivity index (χ0n) is 9.03. The molecule has 0 aliphatic rings. The summed E-state index contributed by atoms with van der Waals surface area (Å²) in [6, 6.07) is 3.80. The Morgan fingerprint density at radius 3 is 2.57 bits per heavy atom. The van der Waals surface area contributed by atoms with Crippen LogP contribution in [0.1, 0.15) is 38.9 Å². The van der Waals surface area contributed by atoms with Gasteiger partial charge in [0.2, 0.25) is 0 Å². The maximum absolute atomic E-state index is 5.69. The van der Waals surface area contributed by atoms with Gasteiger partial charge in [0.05, 0.1) is 18.0 Å². The Morgan fingerprint density at radius 2 is 2.14 bits per heavy atom. The molecule has 1 aromatic heterocycles. The van der Waals surface area contributed by atoms with Crippen molar-refractivity contribution in [2.24, 2.45) is 5.73 Å². The minimum Gasteiger partial charge on any atom is -0.489 e. The molecule has 1 heterocycles. The van der Waals surface area contributed by atoms with Crippen molar-refractivity contribution in [2.75, 3.05) is 0 Å². The summed E-state index contributed by atoms with van der Waals surface area (Å²) >= 11 is 0. The van der Waals surface area contributed by atoms with Crippen LogP contribution < -0.4 is 10.5 Å². The number of nitrogens with zero attached hydrogens (tertiary/aromatic N) is 1. The molecule has 0 amide bonds. The van der Waals surface area contributed by atoms with Gasteiger partial charge in [0.25, 0.3) is 0 Å². The van der Waals surface area contributed by atoms with Crippen LogP contribution in [0.5, 0.6) is 5.75 Å². The van der Waals surface area contributed by atoms with Crippen molar-refractivity contribution < 1.29 is 4.74 Å². The van der Waals surface area contributed by atoms with Crippen molar-refractivity contribution in [1.29, 1.82) is 0 Å². The smallest absolute Gasteiger partial charge is 0.138 e. The van der Waals surface area contributed by atoms with Crippen molar-refractivity contribution in [2.45, 2.75) is 39.3 Å². The summed E-state index contributed by atoms with van der Waals surface area (Å²) in [5.74, 6) is 0.809. The first-order valence-electron chi connectivity index (χ1n) is 5.01. The molecule has 2 N–H and O–H groups in total. The van der Waals surface area contributed by atoms with E-state index < -0.39 is 0 Å². The highest BCUT2D eigenvalue weighted by Gasteiger charge is 2.03. The molecule has 2 atom stereocenters. The van der Waals surface area contributed by atoms with E-state index in [4.69, 9.17) is 10.5 Å². The topological polar surface area (TPSA) is 48.1 Å². The van der Waals surface area contributed by atoms with E-state index in [9.17, 15) is 0 Å². The minimum atomic E-state index is -0.0207. The molecule has 1 rings (SSSR count). The fourth-order valence-electron chi connectivity index (χ4n) is 1.05. The van der Waals surface area contributed by atoms with Gasteiger partial charge >= 0.3 is 0 Å². The van der Waals surface area contributed by atoms with Gasteiger partial charge in [-0.05, 0) is 32.4 Å². The van der Waals surface area contributed by atoms with Gasteiger partial charge in [0, 0.05) is 6.04 Å². The van der Waals surface area contributed by atoms with E-state index in [1.165, 1.54) is 0 Å². The van der Waals surface area contributed by atoms with Crippen LogP contribution in [0.15, 0.2) is 18.3 Å². The van der Waals surface area contributed by atoms with Crippen molar-refractivity contribution in [3.63, 3.8) is 0 Å². The summed E-state index contributed by atoms with van der Waals surface area (Å²) in [6.07, 6.45) is 2.96. The molecule has 0 saturated heterocycles. The molecule has 3 nitrogen and oxygen atoms in total. The molecule has 0 aromatic carbocycles. The monoisotopic (exact) mass is 194 g/mol. The second-order valence-corrected chi connectivity index (χ2v) is 3.54. The molecule has 14 heavy (non-hydrogen) atoms. The first-order chi connectivity index (χ1) is 6.63. The molecule has 0 spiro atoms. The van der Waals surface area contributed by atoms with Crippen molar-refractivity contribution in [3.8, 4) is 5.75 Å². The van der Waals surface area contributed by atoms with Crippen LogP contribution in [0, 0.1) is 0 Å². The Hall–Kier alpha value is -1.09. The van der Waals surface area contributed by atoms with E-state index in [0.717, 1.165) is 17.9 Å². The van der Waals surface area contributed by atoms with E-state index in [-0.39, 0.29) is 12.1 Å². The third-order valence-corrected chi connectivity index (χ3v) is 2.14. The Balaban J connectivity index is 2.64. The standard InChI is InChI=1S/C11H18N2O/c1-4-8(2)14-10-5-6-11(9(3)12)13-7-10/h5-9H,4,12H2,1-3H3. The van der Waals surface area contributed by atoms with Crippen molar-refractivity contribution >= 4 is 0 Å². The highest BCUT2D eigenvalue weighted by molar-refractivity contribution is 5.21. The van der Waals surface area contributed by atoms with Gasteiger partial charge in [0.15, 0.2) is 0 Å². The van der Waals surface area contributed by atoms with Crippen LogP contribution in [-0.4, -0.2) is 11.1 Å². The number of rotatable bonds is 4. The Kier molecular flexibility index (Phi) is 3.89. The largest absolute Gasteiger partial charge is 0.489 e. The maximum Gasteiger partial charge on any atom is 0.138 e. The molecule has 0 fully saturated rings. The van der Waals surface area contributed by atoms with Gasteiger partial charge < -0.3 is 10.5 Å². The molecular formula is C11H18N2O. The average molecular weight is 194 g/mol. The zero-order chi connectivity index (χ0) is 10.6. The molecular weight excluding hydrogens is 176 g/mol. The third-order valence-electron chi connectivity index (χ3n) is 2.14. The highest BCUT2D eigenvalue weighted by Crippen LogP contribution is 2.14. The lowest BCUT2D eigenvalue weighted by atomic mass is 10.2. The Morgan fingerprint density at radius 1 is 1.43 bits per heavy atom. The first kappa shape index (κ1) is 11.0. The first-order valence-corrected chi connectivity index (χ1v) is 5.01. The minimum absolute atomic E-state index is 0.0207. The molecule has 2 unspecified atom stereocenters. The van der Waals surface area contributed by atoms with Crippen molar-refractivity contribution in [3.05, 3.63) is 24.0 Å². The van der Waals surface area contributed by atoms with E-state index in [1.54, 1.807) is 6.20 Å². The highest BCUT2D eigenvalue weighted by atomic mass is 16.5. The molecule has 0 aliphatic carbocycles. The van der Waals surface area contributed by atoms with Gasteiger partial charge in [-0.1, -0.05) is 6.92 Å². The number of hydrogen-bond acceptors (Lipinski definition) is 3. The molecule has 78 valence electrons. The van der Waals surface area contributed by atoms with Crippen molar-refractivity contribution in [1.82, 2.24) is 4.98 Å². The Labute approximate surface area is 85.3 Å². The van der Waals surface area contributed by atoms with Crippen LogP contribution in [0.25, 0.3) is 0 Å². The molecule has 1 aromatic rings. The SMILES string of the molecule is CCC(C)Oc1ccc(C(C)N)nc1. The van der Waals surface area contributed by atoms with Crippen LogP contribution in [-0.2, 0) is 0 Å². The predicted molar refractivity (Wildman–Crippen MR) is 57.2 cm³/mol. The normalized spacial score (nSPS) is 14.9. The average Bonchev–Trinajstić information content (AvgIpc) is 2.18. The fourth-order valence-corrected chi connectivity index (χ4v) is 1.05. The summed E-state index contributed by atoms with van der Waals surface area (Å²) in [7, 11) is 0. The van der Waals surface area contributed by atoms with Crippen LogP contribution >= 0.6 is 0 Å². The van der Waals surface area contributed by atoms with Gasteiger partial charge in [-0.3, -0.25) is 4.98 Å². The maximum atomic E-state index is 5.69. The third kappa shape index (κ3) is 3.00. The molecule has 0 radical (unpaired) electrons. The van der Waals surface area contributed by atoms with Gasteiger partial charge in [-0.15, -0.1) is 0 Å². The lowest BCUT2D eigenvalue weighted by Gasteiger charge is -2.12. The summed E-state index contributed by atoms with van der Waals surface area (Å²) in [6.45, 7) is 6.05. The number of aromatic nitrogens is 1. The van der Waals surface area contributed by atoms with Gasteiger partial charge in [0.1, 0.15) is 5.75 Å². The molecule has 0 bridgehead atoms. The van der Waals surface area contributed by atoms with E-state index >= 15 is 0 Å². The van der Waals surface area contributed by atoms with Gasteiger partial charge in [-0.25, -0.2) is 0 Å². The summed E-state index contributed by atoms with van der Waals surface area (Å²) in [5.41, 5.74) is 6.58. The number of pyridine rings is 1. The van der Waals surface area contributed by atoms with Crippen LogP contribution in [0.2, 0.25) is 0 Å². The van der Waals surface area contributed by atoms with E-state index in [1.807, 2.05) is 26.0 Å². The fraction of sp³-hybridized carbons (Fsp3) is 0.545. The predicted octanol–water partition coefficient (Wildman–Crippen LogP) is 2.28. The lowest BCUT2D eigenvalue weighted by molar-refractivity contribution is 0.216. The van der Waals surface area contributed by atoms with E-state index in [0.29, 0.717) is 0 Å². The summed E-state index contributed by atoms with van der Waals surface area (Å²) in [4.78, 5) is 4.22. The second kappa shape index (κ2) is 4.96. The number of ether oxygens (including phenoxy) is 1. The van der Waals surface area contributed by atoms with Gasteiger partial charge in [-0.2, -0.15) is 0 Å².